The lowest BCUT2D eigenvalue weighted by molar-refractivity contribution is 0.368. The summed E-state index contributed by atoms with van der Waals surface area (Å²) in [6, 6.07) is 0. The third-order valence-electron chi connectivity index (χ3n) is 2.24. The topological polar surface area (TPSA) is 0 Å². The van der Waals surface area contributed by atoms with Crippen molar-refractivity contribution >= 4 is 19.0 Å². The van der Waals surface area contributed by atoms with Gasteiger partial charge in [-0.3, -0.25) is 0 Å². The molecule has 0 amide bonds. The molecule has 0 fully saturated rings. The van der Waals surface area contributed by atoms with Crippen molar-refractivity contribution in [2.45, 2.75) is 58.3 Å². The molecule has 0 aromatic rings. The number of hydrogen-bond donors (Lipinski definition) is 0. The molecular weight excluding hydrogens is 251 g/mol. The summed E-state index contributed by atoms with van der Waals surface area (Å²) in [5.74, 6) is 1.41. The third kappa shape index (κ3) is 38.6. The van der Waals surface area contributed by atoms with Crippen molar-refractivity contribution in [3.05, 3.63) is 0 Å². The molecule has 0 spiro atoms. The van der Waals surface area contributed by atoms with E-state index in [9.17, 15) is 17.3 Å². The van der Waals surface area contributed by atoms with Crippen LogP contribution in [-0.4, -0.2) is 19.3 Å². The van der Waals surface area contributed by atoms with E-state index in [4.69, 9.17) is 0 Å². The molecule has 0 aromatic heterocycles. The zero-order valence-corrected chi connectivity index (χ0v) is 11.8. The van der Waals surface area contributed by atoms with Crippen molar-refractivity contribution in [2.75, 3.05) is 12.0 Å². The van der Waals surface area contributed by atoms with Gasteiger partial charge in [0.25, 0.3) is 0 Å². The van der Waals surface area contributed by atoms with E-state index >= 15 is 0 Å². The molecule has 0 aliphatic rings. The zero-order chi connectivity index (χ0) is 13.6. The highest BCUT2D eigenvalue weighted by Crippen LogP contribution is 2.08. The molecule has 0 aliphatic heterocycles. The second-order valence-corrected chi connectivity index (χ2v) is 5.09. The average Bonchev–Trinajstić information content (AvgIpc) is 2.20. The van der Waals surface area contributed by atoms with Gasteiger partial charge in [-0.05, 0) is 24.6 Å². The number of hydrogen-bond acceptors (Lipinski definition) is 0. The molecule has 0 nitrogen and oxygen atoms in total. The van der Waals surface area contributed by atoms with E-state index in [1.165, 1.54) is 57.1 Å². The van der Waals surface area contributed by atoms with Gasteiger partial charge in [0.15, 0.2) is 0 Å². The summed E-state index contributed by atoms with van der Waals surface area (Å²) in [7, 11) is -6.00. The van der Waals surface area contributed by atoms with Crippen LogP contribution in [0.15, 0.2) is 0 Å². The van der Waals surface area contributed by atoms with E-state index in [1.54, 1.807) is 11.8 Å². The lowest BCUT2D eigenvalue weighted by Gasteiger charge is -1.98. The second-order valence-electron chi connectivity index (χ2n) is 4.01. The minimum atomic E-state index is -6.00. The van der Waals surface area contributed by atoms with Crippen LogP contribution in [0.5, 0.6) is 0 Å². The van der Waals surface area contributed by atoms with Gasteiger partial charge in [0.05, 0.1) is 6.26 Å². The third-order valence-corrected chi connectivity index (χ3v) is 3.00. The van der Waals surface area contributed by atoms with Crippen molar-refractivity contribution in [3.63, 3.8) is 0 Å². The highest BCUT2D eigenvalue weighted by atomic mass is 32.2. The van der Waals surface area contributed by atoms with Crippen LogP contribution < -0.4 is 0 Å². The monoisotopic (exact) mass is 276 g/mol. The van der Waals surface area contributed by atoms with Gasteiger partial charge >= 0.3 is 7.25 Å². The van der Waals surface area contributed by atoms with E-state index in [0.29, 0.717) is 0 Å². The molecule has 0 N–H and O–H groups in total. The first-order chi connectivity index (χ1) is 7.91. The van der Waals surface area contributed by atoms with E-state index in [2.05, 4.69) is 13.2 Å². The fourth-order valence-corrected chi connectivity index (χ4v) is 1.94. The molecule has 0 radical (unpaired) electrons. The van der Waals surface area contributed by atoms with Crippen LogP contribution in [-0.2, 0) is 11.8 Å². The van der Waals surface area contributed by atoms with Crippen molar-refractivity contribution < 1.29 is 17.3 Å². The number of halogens is 4. The fraction of sp³-hybridized carbons (Fsp3) is 1.00. The van der Waals surface area contributed by atoms with Gasteiger partial charge < -0.3 is 17.3 Å². The van der Waals surface area contributed by atoms with Crippen LogP contribution >= 0.6 is 0 Å². The molecule has 0 heterocycles. The summed E-state index contributed by atoms with van der Waals surface area (Å²) < 4.78 is 39.0. The van der Waals surface area contributed by atoms with E-state index in [-0.39, 0.29) is 0 Å². The maximum atomic E-state index is 9.75. The Morgan fingerprint density at radius 1 is 0.765 bits per heavy atom. The van der Waals surface area contributed by atoms with Crippen LogP contribution in [0.4, 0.5) is 17.3 Å². The summed E-state index contributed by atoms with van der Waals surface area (Å²) in [4.78, 5) is 0. The standard InChI is InChI=1S/C11H24S.BF4/c1-3-4-5-6-7-8-9-10-11-12-2;2-1(3,4)5/h3-11H2,1-2H3;/q;-1/p+1. The first-order valence-corrected chi connectivity index (χ1v) is 7.87. The predicted molar refractivity (Wildman–Crippen MR) is 72.3 cm³/mol. The lowest BCUT2D eigenvalue weighted by Crippen LogP contribution is -2.02. The molecule has 0 bridgehead atoms. The highest BCUT2D eigenvalue weighted by Gasteiger charge is 2.20. The Morgan fingerprint density at radius 3 is 1.47 bits per heavy atom. The Kier molecular flexibility index (Phi) is 16.3. The molecular formula is C11H25BF4S. The Hall–Kier alpha value is 0.135. The largest absolute Gasteiger partial charge is 0.673 e. The number of rotatable bonds is 9. The lowest BCUT2D eigenvalue weighted by atomic mass is 10.1. The Labute approximate surface area is 107 Å². The molecule has 6 heteroatoms. The molecule has 0 saturated carbocycles. The maximum absolute atomic E-state index is 9.75. The van der Waals surface area contributed by atoms with Crippen molar-refractivity contribution in [2.24, 2.45) is 0 Å². The van der Waals surface area contributed by atoms with Crippen LogP contribution in [0, 0.1) is 0 Å². The van der Waals surface area contributed by atoms with Gasteiger partial charge in [-0.2, -0.15) is 0 Å². The zero-order valence-electron chi connectivity index (χ0n) is 10.9. The van der Waals surface area contributed by atoms with E-state index in [0.717, 1.165) is 0 Å². The summed E-state index contributed by atoms with van der Waals surface area (Å²) in [6.07, 6.45) is 13.8. The van der Waals surface area contributed by atoms with Gasteiger partial charge in [-0.25, -0.2) is 0 Å². The van der Waals surface area contributed by atoms with Crippen molar-refractivity contribution in [1.29, 1.82) is 0 Å². The summed E-state index contributed by atoms with van der Waals surface area (Å²) in [5, 5.41) is 0. The summed E-state index contributed by atoms with van der Waals surface area (Å²) >= 11 is 1.57. The molecule has 0 aliphatic carbocycles. The maximum Gasteiger partial charge on any atom is 0.673 e. The van der Waals surface area contributed by atoms with E-state index < -0.39 is 7.25 Å². The van der Waals surface area contributed by atoms with Crippen LogP contribution in [0.2, 0.25) is 0 Å². The minimum Gasteiger partial charge on any atom is -0.418 e. The van der Waals surface area contributed by atoms with Gasteiger partial charge in [-0.15, -0.1) is 0 Å². The first-order valence-electron chi connectivity index (χ1n) is 6.34. The van der Waals surface area contributed by atoms with Crippen molar-refractivity contribution in [3.8, 4) is 0 Å². The van der Waals surface area contributed by atoms with Crippen LogP contribution in [0.3, 0.4) is 0 Å². The Bertz CT molecular complexity index is 126. The first kappa shape index (κ1) is 19.5. The normalized spacial score (nSPS) is 10.9. The minimum absolute atomic E-state index is 1.37. The molecule has 17 heavy (non-hydrogen) atoms. The quantitative estimate of drug-likeness (QED) is 0.185. The smallest absolute Gasteiger partial charge is 0.418 e. The van der Waals surface area contributed by atoms with Gasteiger partial charge in [0.1, 0.15) is 5.75 Å². The predicted octanol–water partition coefficient (Wildman–Crippen LogP) is 4.87. The number of unbranched alkanes of at least 4 members (excludes halogenated alkanes) is 7. The molecule has 0 rings (SSSR count). The molecule has 106 valence electrons. The van der Waals surface area contributed by atoms with Gasteiger partial charge in [0, 0.05) is 0 Å². The van der Waals surface area contributed by atoms with Gasteiger partial charge in [-0.1, -0.05) is 45.4 Å². The average molecular weight is 276 g/mol. The van der Waals surface area contributed by atoms with E-state index in [1.807, 2.05) is 0 Å². The highest BCUT2D eigenvalue weighted by molar-refractivity contribution is 7.77. The molecule has 0 unspecified atom stereocenters. The summed E-state index contributed by atoms with van der Waals surface area (Å²) in [6.45, 7) is 2.28. The molecule has 0 aromatic carbocycles. The SMILES string of the molecule is CCCCCCCCCC[SH+]C.F[B-](F)(F)F. The van der Waals surface area contributed by atoms with Crippen molar-refractivity contribution in [1.82, 2.24) is 0 Å². The van der Waals surface area contributed by atoms with Crippen LogP contribution in [0.25, 0.3) is 0 Å². The Morgan fingerprint density at radius 2 is 1.12 bits per heavy atom. The Balaban J connectivity index is 0. The fourth-order valence-electron chi connectivity index (χ4n) is 1.40. The second kappa shape index (κ2) is 14.2. The van der Waals surface area contributed by atoms with Gasteiger partial charge in [0.2, 0.25) is 0 Å². The molecule has 0 atom stereocenters. The van der Waals surface area contributed by atoms with Crippen LogP contribution in [0.1, 0.15) is 58.3 Å². The number of thiol groups is 1. The summed E-state index contributed by atoms with van der Waals surface area (Å²) in [5.41, 5.74) is 0. The molecule has 0 saturated heterocycles.